The molecule has 8 heteroatoms. The van der Waals surface area contributed by atoms with Crippen molar-refractivity contribution >= 4 is 21.9 Å². The van der Waals surface area contributed by atoms with Crippen molar-refractivity contribution < 1.29 is 18.5 Å². The molecule has 2 unspecified atom stereocenters. The number of carbonyl (C=O) groups excluding carboxylic acids is 2. The Morgan fingerprint density at radius 3 is 2.56 bits per heavy atom. The van der Waals surface area contributed by atoms with Gasteiger partial charge in [0.25, 0.3) is 0 Å². The third-order valence-corrected chi connectivity index (χ3v) is 5.31. The summed E-state index contributed by atoms with van der Waals surface area (Å²) in [6.45, 7) is 8.09. The zero-order valence-electron chi connectivity index (χ0n) is 14.7. The smallest absolute Gasteiger partial charge is 0.440 e. The highest BCUT2D eigenvalue weighted by Gasteiger charge is 2.27. The van der Waals surface area contributed by atoms with Crippen molar-refractivity contribution in [3.8, 4) is 0 Å². The molecule has 2 amide bonds. The fourth-order valence-electron chi connectivity index (χ4n) is 2.24. The van der Waals surface area contributed by atoms with E-state index < -0.39 is 33.6 Å². The molecule has 3 N–H and O–H groups in total. The number of nitrogens with zero attached hydrogens (tertiary/aromatic N) is 1. The molecule has 1 aromatic rings. The first-order valence-corrected chi connectivity index (χ1v) is 9.44. The van der Waals surface area contributed by atoms with Crippen molar-refractivity contribution in [2.24, 2.45) is 10.1 Å². The maximum Gasteiger partial charge on any atom is 0.443 e. The van der Waals surface area contributed by atoms with Crippen LogP contribution in [0.3, 0.4) is 0 Å². The molecule has 0 aliphatic carbocycles. The lowest BCUT2D eigenvalue weighted by Gasteiger charge is -2.24. The van der Waals surface area contributed by atoms with E-state index in [-0.39, 0.29) is 5.75 Å². The van der Waals surface area contributed by atoms with E-state index in [4.69, 9.17) is 10.5 Å². The van der Waals surface area contributed by atoms with E-state index in [9.17, 15) is 13.8 Å². The van der Waals surface area contributed by atoms with Crippen LogP contribution >= 0.6 is 0 Å². The van der Waals surface area contributed by atoms with E-state index in [1.165, 1.54) is 6.92 Å². The van der Waals surface area contributed by atoms with E-state index >= 15 is 0 Å². The Bertz CT molecular complexity index is 738. The second-order valence-electron chi connectivity index (χ2n) is 6.12. The molecule has 0 radical (unpaired) electrons. The van der Waals surface area contributed by atoms with Gasteiger partial charge in [-0.05, 0) is 25.8 Å². The molecule has 1 rings (SSSR count). The molecule has 25 heavy (non-hydrogen) atoms. The van der Waals surface area contributed by atoms with Crippen LogP contribution in [0, 0.1) is 0 Å². The molecule has 0 aliphatic rings. The summed E-state index contributed by atoms with van der Waals surface area (Å²) in [6, 6.07) is 9.06. The molecule has 0 fully saturated rings. The van der Waals surface area contributed by atoms with Crippen molar-refractivity contribution in [1.29, 1.82) is 0 Å². The number of ether oxygens (including phenoxy) is 1. The number of hydrogen-bond acceptors (Lipinski definition) is 5. The van der Waals surface area contributed by atoms with Gasteiger partial charge in [-0.2, -0.15) is 0 Å². The molecular weight excluding hydrogens is 342 g/mol. The van der Waals surface area contributed by atoms with Gasteiger partial charge in [-0.3, -0.25) is 9.52 Å². The maximum absolute atomic E-state index is 12.9. The number of benzene rings is 1. The van der Waals surface area contributed by atoms with Crippen molar-refractivity contribution in [1.82, 2.24) is 4.72 Å². The van der Waals surface area contributed by atoms with E-state index in [1.807, 2.05) is 18.2 Å². The van der Waals surface area contributed by atoms with Crippen LogP contribution in [0.15, 0.2) is 47.3 Å². The monoisotopic (exact) mass is 367 g/mol. The number of carbonyl (C=O) groups is 2. The van der Waals surface area contributed by atoms with Crippen LogP contribution in [0.2, 0.25) is 0 Å². The molecule has 0 aliphatic heterocycles. The lowest BCUT2D eigenvalue weighted by atomic mass is 10.0. The normalized spacial score (nSPS) is 16.6. The molecule has 0 heterocycles. The molecule has 3 atom stereocenters. The highest BCUT2D eigenvalue weighted by molar-refractivity contribution is 7.92. The second kappa shape index (κ2) is 8.77. The van der Waals surface area contributed by atoms with Gasteiger partial charge < -0.3 is 10.5 Å². The Labute approximate surface area is 148 Å². The maximum atomic E-state index is 12.9. The van der Waals surface area contributed by atoms with Crippen LogP contribution in [0.5, 0.6) is 0 Å². The first-order valence-electron chi connectivity index (χ1n) is 7.75. The average molecular weight is 367 g/mol. The highest BCUT2D eigenvalue weighted by Crippen LogP contribution is 2.18. The summed E-state index contributed by atoms with van der Waals surface area (Å²) in [5, 5.41) is 0. The third-order valence-electron chi connectivity index (χ3n) is 3.21. The molecule has 0 saturated heterocycles. The molecule has 0 spiro atoms. The Kier molecular flexibility index (Phi) is 7.32. The third kappa shape index (κ3) is 7.49. The van der Waals surface area contributed by atoms with Crippen molar-refractivity contribution in [2.45, 2.75) is 38.8 Å². The average Bonchev–Trinajstić information content (AvgIpc) is 2.45. The van der Waals surface area contributed by atoms with Gasteiger partial charge in [0.15, 0.2) is 0 Å². The van der Waals surface area contributed by atoms with Crippen LogP contribution in [-0.2, 0) is 19.4 Å². The minimum absolute atomic E-state index is 0.208. The first kappa shape index (κ1) is 20.9. The summed E-state index contributed by atoms with van der Waals surface area (Å²) in [7, 11) is -3.42. The van der Waals surface area contributed by atoms with Gasteiger partial charge >= 0.3 is 6.09 Å². The molecule has 1 aromatic carbocycles. The highest BCUT2D eigenvalue weighted by atomic mass is 32.2. The van der Waals surface area contributed by atoms with E-state index in [0.717, 1.165) is 5.56 Å². The van der Waals surface area contributed by atoms with Crippen molar-refractivity contribution in [3.63, 3.8) is 0 Å². The summed E-state index contributed by atoms with van der Waals surface area (Å²) >= 11 is 0. The number of hydrogen-bond donors (Lipinski definition) is 2. The molecule has 0 saturated carbocycles. The molecule has 0 aromatic heterocycles. The molecular formula is C17H25N3O4S. The minimum Gasteiger partial charge on any atom is -0.440 e. The van der Waals surface area contributed by atoms with Gasteiger partial charge in [-0.25, -0.2) is 9.00 Å². The Balaban J connectivity index is 3.01. The van der Waals surface area contributed by atoms with Gasteiger partial charge in [0, 0.05) is 12.5 Å². The zero-order valence-corrected chi connectivity index (χ0v) is 15.5. The minimum atomic E-state index is -3.42. The Morgan fingerprint density at radius 1 is 1.44 bits per heavy atom. The van der Waals surface area contributed by atoms with Gasteiger partial charge in [0.05, 0.1) is 5.75 Å². The van der Waals surface area contributed by atoms with Crippen LogP contribution in [0.4, 0.5) is 4.79 Å². The first-order chi connectivity index (χ1) is 11.6. The second-order valence-corrected chi connectivity index (χ2v) is 8.07. The Morgan fingerprint density at radius 2 is 2.04 bits per heavy atom. The topological polar surface area (TPSA) is 111 Å². The van der Waals surface area contributed by atoms with Crippen LogP contribution in [0.25, 0.3) is 0 Å². The summed E-state index contributed by atoms with van der Waals surface area (Å²) in [5.41, 5.74) is 5.87. The fraction of sp³-hybridized carbons (Fsp3) is 0.412. The number of rotatable bonds is 7. The summed E-state index contributed by atoms with van der Waals surface area (Å²) < 4.78 is 23.9. The van der Waals surface area contributed by atoms with E-state index in [0.29, 0.717) is 6.42 Å². The largest absolute Gasteiger partial charge is 0.443 e. The van der Waals surface area contributed by atoms with Gasteiger partial charge in [-0.15, -0.1) is 10.9 Å². The van der Waals surface area contributed by atoms with Crippen molar-refractivity contribution in [2.75, 3.05) is 5.75 Å². The summed E-state index contributed by atoms with van der Waals surface area (Å²) in [6.07, 6.45) is 0.318. The van der Waals surface area contributed by atoms with E-state index in [1.54, 1.807) is 32.1 Å². The van der Waals surface area contributed by atoms with Crippen LogP contribution in [0.1, 0.15) is 38.9 Å². The summed E-state index contributed by atoms with van der Waals surface area (Å²) in [5.74, 6) is -0.785. The predicted molar refractivity (Wildman–Crippen MR) is 98.0 cm³/mol. The molecule has 138 valence electrons. The van der Waals surface area contributed by atoms with Crippen LogP contribution < -0.4 is 10.5 Å². The SMILES string of the molecule is C=CCC(C)(N)CS(=O)(=NC(=O)O[C@@H](C)c1ccccc1)NC(C)=O. The number of nitrogens with one attached hydrogen (secondary N) is 1. The molecule has 7 nitrogen and oxygen atoms in total. The predicted octanol–water partition coefficient (Wildman–Crippen LogP) is 2.70. The quantitative estimate of drug-likeness (QED) is 0.720. The van der Waals surface area contributed by atoms with E-state index in [2.05, 4.69) is 15.7 Å². The van der Waals surface area contributed by atoms with Crippen LogP contribution in [-0.4, -0.2) is 27.5 Å². The lowest BCUT2D eigenvalue weighted by Crippen LogP contribution is -2.47. The number of amides is 2. The van der Waals surface area contributed by atoms with Crippen molar-refractivity contribution in [3.05, 3.63) is 48.6 Å². The molecule has 0 bridgehead atoms. The fourth-order valence-corrected chi connectivity index (χ4v) is 4.16. The van der Waals surface area contributed by atoms with Gasteiger partial charge in [0.1, 0.15) is 16.0 Å². The van der Waals surface area contributed by atoms with Gasteiger partial charge in [0.2, 0.25) is 5.91 Å². The Hall–Kier alpha value is -2.19. The summed E-state index contributed by atoms with van der Waals surface area (Å²) in [4.78, 5) is 23.5. The van der Waals surface area contributed by atoms with Gasteiger partial charge in [-0.1, -0.05) is 36.4 Å². The standard InChI is InChI=1S/C17H25N3O4S/c1-5-11-17(4,18)12-25(23,19-14(3)21)20-16(22)24-13(2)15-9-7-6-8-10-15/h5-10,13H,1,11-12,18H2,2-4H3,(H,19,20,21,22,23)/t13-,17?,25?/m0/s1. The zero-order chi connectivity index (χ0) is 19.1. The lowest BCUT2D eigenvalue weighted by molar-refractivity contribution is -0.117. The number of nitrogens with two attached hydrogens (primary N) is 1.